The quantitative estimate of drug-likeness (QED) is 0.899. The molecule has 4 nitrogen and oxygen atoms in total. The number of hydrogen-bond donors (Lipinski definition) is 1. The van der Waals surface area contributed by atoms with Gasteiger partial charge in [0.15, 0.2) is 0 Å². The first kappa shape index (κ1) is 13.4. The highest BCUT2D eigenvalue weighted by atomic mass is 16.6. The molecular weight excluding hydrogens is 252 g/mol. The lowest BCUT2D eigenvalue weighted by molar-refractivity contribution is -0.0828. The van der Waals surface area contributed by atoms with Crippen LogP contribution in [-0.2, 0) is 9.47 Å². The molecule has 0 bridgehead atoms. The smallest absolute Gasteiger partial charge is 0.102 e. The SMILES string of the molecule is Cc1cccc(NC2CCOC3(CCOC3)C2)c1C#N. The first-order valence-corrected chi connectivity index (χ1v) is 7.20. The fourth-order valence-corrected chi connectivity index (χ4v) is 3.17. The number of aryl methyl sites for hydroxylation is 1. The van der Waals surface area contributed by atoms with E-state index in [1.807, 2.05) is 25.1 Å². The molecule has 1 spiro atoms. The van der Waals surface area contributed by atoms with Crippen LogP contribution in [0.1, 0.15) is 30.4 Å². The normalized spacial score (nSPS) is 29.3. The molecule has 2 fully saturated rings. The summed E-state index contributed by atoms with van der Waals surface area (Å²) in [6.07, 6.45) is 2.90. The van der Waals surface area contributed by atoms with Crippen LogP contribution in [0.3, 0.4) is 0 Å². The van der Waals surface area contributed by atoms with Gasteiger partial charge in [-0.25, -0.2) is 0 Å². The van der Waals surface area contributed by atoms with Crippen LogP contribution in [0.25, 0.3) is 0 Å². The third-order valence-corrected chi connectivity index (χ3v) is 4.30. The Balaban J connectivity index is 1.75. The summed E-state index contributed by atoms with van der Waals surface area (Å²) in [5.41, 5.74) is 2.60. The van der Waals surface area contributed by atoms with Gasteiger partial charge >= 0.3 is 0 Å². The minimum Gasteiger partial charge on any atom is -0.381 e. The van der Waals surface area contributed by atoms with E-state index in [9.17, 15) is 5.26 Å². The molecule has 1 aromatic rings. The van der Waals surface area contributed by atoms with E-state index in [2.05, 4.69) is 11.4 Å². The van der Waals surface area contributed by atoms with Crippen LogP contribution in [0.5, 0.6) is 0 Å². The van der Waals surface area contributed by atoms with E-state index >= 15 is 0 Å². The van der Waals surface area contributed by atoms with Gasteiger partial charge in [-0.2, -0.15) is 5.26 Å². The Bertz CT molecular complexity index is 530. The standard InChI is InChI=1S/C16H20N2O2/c1-12-3-2-4-15(14(12)10-17)18-13-5-7-20-16(9-13)6-8-19-11-16/h2-4,13,18H,5-9,11H2,1H3. The maximum absolute atomic E-state index is 9.30. The molecule has 20 heavy (non-hydrogen) atoms. The number of hydrogen-bond acceptors (Lipinski definition) is 4. The fourth-order valence-electron chi connectivity index (χ4n) is 3.17. The van der Waals surface area contributed by atoms with Gasteiger partial charge < -0.3 is 14.8 Å². The van der Waals surface area contributed by atoms with Crippen molar-refractivity contribution in [1.29, 1.82) is 5.26 Å². The first-order chi connectivity index (χ1) is 9.72. The average Bonchev–Trinajstić information content (AvgIpc) is 2.87. The molecule has 0 amide bonds. The highest BCUT2D eigenvalue weighted by Gasteiger charge is 2.41. The Morgan fingerprint density at radius 3 is 3.05 bits per heavy atom. The Hall–Kier alpha value is -1.57. The maximum Gasteiger partial charge on any atom is 0.102 e. The summed E-state index contributed by atoms with van der Waals surface area (Å²) in [7, 11) is 0. The summed E-state index contributed by atoms with van der Waals surface area (Å²) in [5.74, 6) is 0. The van der Waals surface area contributed by atoms with Crippen LogP contribution in [-0.4, -0.2) is 31.5 Å². The molecule has 2 aliphatic rings. The van der Waals surface area contributed by atoms with Crippen molar-refractivity contribution in [3.63, 3.8) is 0 Å². The van der Waals surface area contributed by atoms with Crippen molar-refractivity contribution in [2.45, 2.75) is 37.8 Å². The van der Waals surface area contributed by atoms with Crippen LogP contribution < -0.4 is 5.32 Å². The highest BCUT2D eigenvalue weighted by Crippen LogP contribution is 2.34. The molecule has 2 heterocycles. The van der Waals surface area contributed by atoms with E-state index in [4.69, 9.17) is 9.47 Å². The summed E-state index contributed by atoms with van der Waals surface area (Å²) < 4.78 is 11.4. The van der Waals surface area contributed by atoms with Crippen molar-refractivity contribution in [2.24, 2.45) is 0 Å². The molecule has 0 saturated carbocycles. The Kier molecular flexibility index (Phi) is 3.64. The first-order valence-electron chi connectivity index (χ1n) is 7.20. The third-order valence-electron chi connectivity index (χ3n) is 4.30. The van der Waals surface area contributed by atoms with E-state index in [0.717, 1.165) is 49.3 Å². The zero-order valence-corrected chi connectivity index (χ0v) is 11.8. The van der Waals surface area contributed by atoms with Gasteiger partial charge in [0, 0.05) is 25.7 Å². The lowest BCUT2D eigenvalue weighted by atomic mass is 9.89. The summed E-state index contributed by atoms with van der Waals surface area (Å²) in [4.78, 5) is 0. The molecule has 2 unspecified atom stereocenters. The molecule has 2 saturated heterocycles. The Labute approximate surface area is 119 Å². The van der Waals surface area contributed by atoms with Crippen molar-refractivity contribution in [3.05, 3.63) is 29.3 Å². The third kappa shape index (κ3) is 2.52. The van der Waals surface area contributed by atoms with Crippen LogP contribution >= 0.6 is 0 Å². The molecule has 1 aromatic carbocycles. The Morgan fingerprint density at radius 1 is 1.40 bits per heavy atom. The van der Waals surface area contributed by atoms with Gasteiger partial charge in [0.2, 0.25) is 0 Å². The maximum atomic E-state index is 9.30. The van der Waals surface area contributed by atoms with Gasteiger partial charge in [0.25, 0.3) is 0 Å². The minimum atomic E-state index is -0.105. The summed E-state index contributed by atoms with van der Waals surface area (Å²) >= 11 is 0. The summed E-state index contributed by atoms with van der Waals surface area (Å²) in [5, 5.41) is 12.8. The molecule has 3 rings (SSSR count). The van der Waals surface area contributed by atoms with Crippen molar-refractivity contribution in [1.82, 2.24) is 0 Å². The van der Waals surface area contributed by atoms with Gasteiger partial charge in [-0.05, 0) is 31.4 Å². The number of ether oxygens (including phenoxy) is 2. The van der Waals surface area contributed by atoms with E-state index < -0.39 is 0 Å². The predicted molar refractivity (Wildman–Crippen MR) is 76.7 cm³/mol. The van der Waals surface area contributed by atoms with Crippen molar-refractivity contribution >= 4 is 5.69 Å². The number of rotatable bonds is 2. The molecule has 4 heteroatoms. The van der Waals surface area contributed by atoms with Gasteiger partial charge in [-0.15, -0.1) is 0 Å². The zero-order chi connectivity index (χ0) is 14.0. The van der Waals surface area contributed by atoms with Gasteiger partial charge in [-0.1, -0.05) is 12.1 Å². The second-order valence-electron chi connectivity index (χ2n) is 5.78. The van der Waals surface area contributed by atoms with Gasteiger partial charge in [-0.3, -0.25) is 0 Å². The van der Waals surface area contributed by atoms with Crippen LogP contribution in [0.4, 0.5) is 5.69 Å². The molecule has 1 N–H and O–H groups in total. The van der Waals surface area contributed by atoms with E-state index in [1.165, 1.54) is 0 Å². The summed E-state index contributed by atoms with van der Waals surface area (Å²) in [6, 6.07) is 8.59. The lowest BCUT2D eigenvalue weighted by Crippen LogP contribution is -2.45. The van der Waals surface area contributed by atoms with Crippen LogP contribution in [0.2, 0.25) is 0 Å². The number of nitriles is 1. The van der Waals surface area contributed by atoms with Crippen molar-refractivity contribution < 1.29 is 9.47 Å². The topological polar surface area (TPSA) is 54.3 Å². The molecule has 106 valence electrons. The number of nitrogens with zero attached hydrogens (tertiary/aromatic N) is 1. The number of benzene rings is 1. The van der Waals surface area contributed by atoms with Crippen LogP contribution in [0, 0.1) is 18.3 Å². The second kappa shape index (κ2) is 5.43. The van der Waals surface area contributed by atoms with E-state index in [0.29, 0.717) is 12.6 Å². The summed E-state index contributed by atoms with van der Waals surface area (Å²) in [6.45, 7) is 4.22. The molecular formula is C16H20N2O2. The highest BCUT2D eigenvalue weighted by molar-refractivity contribution is 5.61. The predicted octanol–water partition coefficient (Wildman–Crippen LogP) is 2.62. The molecule has 2 aliphatic heterocycles. The Morgan fingerprint density at radius 2 is 2.30 bits per heavy atom. The van der Waals surface area contributed by atoms with Crippen molar-refractivity contribution in [3.8, 4) is 6.07 Å². The fraction of sp³-hybridized carbons (Fsp3) is 0.562. The monoisotopic (exact) mass is 272 g/mol. The van der Waals surface area contributed by atoms with Gasteiger partial charge in [0.05, 0.1) is 23.5 Å². The number of nitrogens with one attached hydrogen (secondary N) is 1. The van der Waals surface area contributed by atoms with E-state index in [1.54, 1.807) is 0 Å². The molecule has 0 aliphatic carbocycles. The zero-order valence-electron chi connectivity index (χ0n) is 11.8. The molecule has 0 aromatic heterocycles. The molecule has 0 radical (unpaired) electrons. The average molecular weight is 272 g/mol. The second-order valence-corrected chi connectivity index (χ2v) is 5.78. The van der Waals surface area contributed by atoms with E-state index in [-0.39, 0.29) is 5.60 Å². The van der Waals surface area contributed by atoms with Gasteiger partial charge in [0.1, 0.15) is 6.07 Å². The lowest BCUT2D eigenvalue weighted by Gasteiger charge is -2.37. The van der Waals surface area contributed by atoms with Crippen molar-refractivity contribution in [2.75, 3.05) is 25.1 Å². The minimum absolute atomic E-state index is 0.105. The van der Waals surface area contributed by atoms with Crippen LogP contribution in [0.15, 0.2) is 18.2 Å². The number of anilines is 1. The largest absolute Gasteiger partial charge is 0.381 e. The molecule has 2 atom stereocenters.